The van der Waals surface area contributed by atoms with Gasteiger partial charge in [-0.25, -0.2) is 14.4 Å². The van der Waals surface area contributed by atoms with E-state index in [1.165, 1.54) is 24.7 Å². The highest BCUT2D eigenvalue weighted by Gasteiger charge is 2.11. The highest BCUT2D eigenvalue weighted by molar-refractivity contribution is 7.90. The van der Waals surface area contributed by atoms with Gasteiger partial charge in [-0.3, -0.25) is 0 Å². The van der Waals surface area contributed by atoms with Gasteiger partial charge in [-0.15, -0.1) is 12.6 Å². The first kappa shape index (κ1) is 19.9. The molecule has 4 nitrogen and oxygen atoms in total. The van der Waals surface area contributed by atoms with Crippen LogP contribution in [0, 0.1) is 11.2 Å². The van der Waals surface area contributed by atoms with Gasteiger partial charge >= 0.3 is 0 Å². The van der Waals surface area contributed by atoms with E-state index in [1.807, 2.05) is 18.2 Å². The first-order valence-corrected chi connectivity index (χ1v) is 9.23. The van der Waals surface area contributed by atoms with Crippen molar-refractivity contribution < 1.29 is 4.39 Å². The number of nitrogens with one attached hydrogen (secondary N) is 1. The van der Waals surface area contributed by atoms with Crippen molar-refractivity contribution in [2.24, 2.45) is 5.73 Å². The Labute approximate surface area is 173 Å². The highest BCUT2D eigenvalue weighted by Crippen LogP contribution is 2.29. The number of hydrogen-bond donors (Lipinski definition) is 4. The third kappa shape index (κ3) is 4.16. The average Bonchev–Trinajstić information content (AvgIpc) is 2.72. The number of hydrogen-bond acceptors (Lipinski definition) is 6. The molecule has 0 saturated heterocycles. The zero-order chi connectivity index (χ0) is 20.1. The molecule has 7 heteroatoms. The summed E-state index contributed by atoms with van der Waals surface area (Å²) < 4.78 is 13.2. The lowest BCUT2D eigenvalue weighted by atomic mass is 9.98. The van der Waals surface area contributed by atoms with Gasteiger partial charge in [0.15, 0.2) is 0 Å². The van der Waals surface area contributed by atoms with E-state index in [-0.39, 0.29) is 5.82 Å². The van der Waals surface area contributed by atoms with Crippen LogP contribution in [0.5, 0.6) is 0 Å². The summed E-state index contributed by atoms with van der Waals surface area (Å²) in [6, 6.07) is 11.4. The van der Waals surface area contributed by atoms with Gasteiger partial charge in [0.05, 0.1) is 11.2 Å². The van der Waals surface area contributed by atoms with E-state index >= 15 is 0 Å². The fourth-order valence-electron chi connectivity index (χ4n) is 2.74. The minimum Gasteiger partial charge on any atom is -0.398 e. The van der Waals surface area contributed by atoms with Gasteiger partial charge in [0, 0.05) is 27.8 Å². The summed E-state index contributed by atoms with van der Waals surface area (Å²) in [5.74, 6) is -0.344. The number of aromatic nitrogens is 2. The summed E-state index contributed by atoms with van der Waals surface area (Å²) in [5, 5.41) is 10.2. The minimum atomic E-state index is -0.344. The van der Waals surface area contributed by atoms with Crippen LogP contribution >= 0.6 is 25.3 Å². The molecule has 3 aromatic rings. The zero-order valence-electron chi connectivity index (χ0n) is 14.7. The summed E-state index contributed by atoms with van der Waals surface area (Å²) in [4.78, 5) is 9.28. The molecule has 0 aliphatic heterocycles. The summed E-state index contributed by atoms with van der Waals surface area (Å²) in [6.45, 7) is 0. The van der Waals surface area contributed by atoms with Crippen molar-refractivity contribution in [2.75, 3.05) is 0 Å². The number of fused-ring (bicyclic) bond motifs is 1. The molecule has 0 radical (unpaired) electrons. The Hall–Kier alpha value is -2.90. The summed E-state index contributed by atoms with van der Waals surface area (Å²) >= 11 is 8.55. The molecular weight excluding hydrogens is 391 g/mol. The van der Waals surface area contributed by atoms with Crippen LogP contribution in [0.2, 0.25) is 0 Å². The first-order chi connectivity index (χ1) is 13.5. The number of allylic oxidation sites excluding steroid dienone is 3. The molecular formula is C21H17FN4S2. The van der Waals surface area contributed by atoms with Gasteiger partial charge in [0.2, 0.25) is 0 Å². The highest BCUT2D eigenvalue weighted by atomic mass is 32.1. The predicted octanol–water partition coefficient (Wildman–Crippen LogP) is 4.96. The van der Waals surface area contributed by atoms with Gasteiger partial charge in [-0.1, -0.05) is 12.1 Å². The predicted molar refractivity (Wildman–Crippen MR) is 121 cm³/mol. The summed E-state index contributed by atoms with van der Waals surface area (Å²) in [5.41, 5.74) is 9.94. The Morgan fingerprint density at radius 1 is 1.07 bits per heavy atom. The van der Waals surface area contributed by atoms with Crippen molar-refractivity contribution in [1.29, 1.82) is 5.41 Å². The minimum absolute atomic E-state index is 0.344. The van der Waals surface area contributed by atoms with Crippen molar-refractivity contribution in [2.45, 2.75) is 0 Å². The Morgan fingerprint density at radius 2 is 1.79 bits per heavy atom. The number of halogens is 1. The zero-order valence-corrected chi connectivity index (χ0v) is 16.5. The number of thiol groups is 2. The number of benzene rings is 2. The van der Waals surface area contributed by atoms with E-state index in [0.29, 0.717) is 27.4 Å². The molecule has 0 amide bonds. The van der Waals surface area contributed by atoms with Crippen molar-refractivity contribution in [1.82, 2.24) is 9.97 Å². The Kier molecular flexibility index (Phi) is 6.28. The monoisotopic (exact) mass is 408 g/mol. The van der Waals surface area contributed by atoms with Gasteiger partial charge in [-0.05, 0) is 59.0 Å². The molecule has 1 heterocycles. The van der Waals surface area contributed by atoms with Crippen LogP contribution in [0.15, 0.2) is 66.4 Å². The lowest BCUT2D eigenvalue weighted by Gasteiger charge is -2.11. The van der Waals surface area contributed by atoms with Crippen LogP contribution in [0.1, 0.15) is 16.8 Å². The third-order valence-corrected chi connectivity index (χ3v) is 4.65. The molecule has 0 spiro atoms. The van der Waals surface area contributed by atoms with E-state index in [1.54, 1.807) is 29.7 Å². The van der Waals surface area contributed by atoms with Crippen molar-refractivity contribution >= 4 is 58.6 Å². The molecule has 140 valence electrons. The Morgan fingerprint density at radius 3 is 2.46 bits per heavy atom. The molecule has 1 aromatic heterocycles. The van der Waals surface area contributed by atoms with Gasteiger partial charge in [0.25, 0.3) is 0 Å². The fraction of sp³-hybridized carbons (Fsp3) is 0. The Balaban J connectivity index is 2.18. The van der Waals surface area contributed by atoms with Crippen LogP contribution in [0.4, 0.5) is 4.39 Å². The normalized spacial score (nSPS) is 13.0. The molecule has 0 saturated carbocycles. The van der Waals surface area contributed by atoms with Crippen molar-refractivity contribution in [3.63, 3.8) is 0 Å². The van der Waals surface area contributed by atoms with Gasteiger partial charge < -0.3 is 11.1 Å². The Bertz CT molecular complexity index is 1120. The van der Waals surface area contributed by atoms with E-state index in [4.69, 9.17) is 11.1 Å². The largest absolute Gasteiger partial charge is 0.398 e. The topological polar surface area (TPSA) is 75.7 Å². The lowest BCUT2D eigenvalue weighted by molar-refractivity contribution is 0.627. The number of nitrogens with two attached hydrogens (primary N) is 1. The smallest absolute Gasteiger partial charge is 0.123 e. The molecule has 28 heavy (non-hydrogen) atoms. The maximum absolute atomic E-state index is 13.2. The molecule has 0 bridgehead atoms. The van der Waals surface area contributed by atoms with Crippen LogP contribution in [0.25, 0.3) is 27.1 Å². The van der Waals surface area contributed by atoms with E-state index in [2.05, 4.69) is 35.2 Å². The standard InChI is InChI=1S/C21H17FN4S2/c22-15-6-3-13(4-7-15)20(24)17(11-23)14-5-8-18-16(10-14)21(26-12-25-18)19(28)2-1-9-27/h1-12,23,27-28H,24H2/b9-1+,19-2-,20-17?,23-11?. The fourth-order valence-corrected chi connectivity index (χ4v) is 3.09. The average molecular weight is 409 g/mol. The lowest BCUT2D eigenvalue weighted by Crippen LogP contribution is -2.03. The number of nitrogens with zero attached hydrogens (tertiary/aromatic N) is 2. The van der Waals surface area contributed by atoms with E-state index in [0.717, 1.165) is 16.5 Å². The van der Waals surface area contributed by atoms with Crippen molar-refractivity contribution in [3.05, 3.63) is 89.0 Å². The van der Waals surface area contributed by atoms with Gasteiger partial charge in [0.1, 0.15) is 12.1 Å². The van der Waals surface area contributed by atoms with Crippen molar-refractivity contribution in [3.8, 4) is 0 Å². The van der Waals surface area contributed by atoms with Crippen LogP contribution < -0.4 is 5.73 Å². The molecule has 0 fully saturated rings. The second-order valence-corrected chi connectivity index (χ2v) is 6.61. The molecule has 3 rings (SSSR count). The maximum atomic E-state index is 13.2. The molecule has 0 atom stereocenters. The molecule has 2 aromatic carbocycles. The number of rotatable bonds is 5. The second kappa shape index (κ2) is 8.86. The van der Waals surface area contributed by atoms with E-state index in [9.17, 15) is 4.39 Å². The van der Waals surface area contributed by atoms with Gasteiger partial charge in [-0.2, -0.15) is 12.6 Å². The van der Waals surface area contributed by atoms with Crippen LogP contribution in [-0.2, 0) is 0 Å². The summed E-state index contributed by atoms with van der Waals surface area (Å²) in [7, 11) is 0. The SMILES string of the molecule is N=CC(=C(N)c1ccc(F)cc1)c1ccc2ncnc(/C(S)=C/C=C/S)c2c1. The maximum Gasteiger partial charge on any atom is 0.123 e. The first-order valence-electron chi connectivity index (χ1n) is 8.27. The molecule has 0 unspecified atom stereocenters. The van der Waals surface area contributed by atoms with E-state index < -0.39 is 0 Å². The molecule has 0 aliphatic rings. The van der Waals surface area contributed by atoms with Crippen LogP contribution in [-0.4, -0.2) is 16.2 Å². The molecule has 0 aliphatic carbocycles. The second-order valence-electron chi connectivity index (χ2n) is 5.83. The quantitative estimate of drug-likeness (QED) is 0.209. The van der Waals surface area contributed by atoms with Crippen LogP contribution in [0.3, 0.4) is 0 Å². The molecule has 3 N–H and O–H groups in total. The third-order valence-electron chi connectivity index (χ3n) is 4.12. The summed E-state index contributed by atoms with van der Waals surface area (Å²) in [6.07, 6.45) is 6.19.